The number of hydrogen-bond acceptors (Lipinski definition) is 3. The van der Waals surface area contributed by atoms with Gasteiger partial charge in [0.05, 0.1) is 5.02 Å². The van der Waals surface area contributed by atoms with Gasteiger partial charge in [0, 0.05) is 31.1 Å². The fourth-order valence-electron chi connectivity index (χ4n) is 3.13. The number of allylic oxidation sites excluding steroid dienone is 1. The first kappa shape index (κ1) is 15.6. The second-order valence-corrected chi connectivity index (χ2v) is 6.75. The summed E-state index contributed by atoms with van der Waals surface area (Å²) in [6.07, 6.45) is 6.55. The van der Waals surface area contributed by atoms with Gasteiger partial charge in [-0.2, -0.15) is 0 Å². The third-order valence-corrected chi connectivity index (χ3v) is 4.80. The summed E-state index contributed by atoms with van der Waals surface area (Å²) in [6.45, 7) is 6.57. The molecule has 0 atom stereocenters. The fraction of sp³-hybridized carbons (Fsp3) is 0.500. The Morgan fingerprint density at radius 2 is 2.00 bits per heavy atom. The molecule has 0 N–H and O–H groups in total. The first-order chi connectivity index (χ1) is 10.5. The van der Waals surface area contributed by atoms with Crippen LogP contribution < -0.4 is 4.74 Å². The summed E-state index contributed by atoms with van der Waals surface area (Å²) in [5, 5.41) is 0.536. The molecule has 2 aliphatic rings. The van der Waals surface area contributed by atoms with E-state index in [1.807, 2.05) is 18.2 Å². The summed E-state index contributed by atoms with van der Waals surface area (Å²) in [6, 6.07) is 4.24. The molecule has 0 aromatic heterocycles. The van der Waals surface area contributed by atoms with Crippen LogP contribution in [0.2, 0.25) is 5.02 Å². The molecule has 22 heavy (non-hydrogen) atoms. The molecular weight excluding hydrogens is 298 g/mol. The number of ketones is 1. The molecule has 118 valence electrons. The number of rotatable bonds is 3. The molecule has 0 saturated carbocycles. The molecule has 1 aliphatic carbocycles. The highest BCUT2D eigenvalue weighted by Gasteiger charge is 2.23. The van der Waals surface area contributed by atoms with Crippen LogP contribution in [0, 0.1) is 0 Å². The number of ether oxygens (including phenoxy) is 1. The molecule has 0 amide bonds. The van der Waals surface area contributed by atoms with Gasteiger partial charge in [0.2, 0.25) is 0 Å². The van der Waals surface area contributed by atoms with Gasteiger partial charge in [-0.1, -0.05) is 23.8 Å². The van der Waals surface area contributed by atoms with Crippen molar-refractivity contribution < 1.29 is 9.53 Å². The van der Waals surface area contributed by atoms with E-state index in [4.69, 9.17) is 16.3 Å². The summed E-state index contributed by atoms with van der Waals surface area (Å²) in [5.41, 5.74) is 1.62. The van der Waals surface area contributed by atoms with E-state index in [2.05, 4.69) is 18.7 Å². The first-order valence-electron chi connectivity index (χ1n) is 7.98. The van der Waals surface area contributed by atoms with E-state index < -0.39 is 0 Å². The molecule has 1 aromatic carbocycles. The zero-order valence-electron chi connectivity index (χ0n) is 13.1. The standard InChI is InChI=1S/C18H22ClNO2/c1-12(2)20-8-6-14(7-9-20)22-18-10-13-4-3-5-17(21)15(13)11-16(18)19/h3-4,10-12,14H,5-9H2,1-2H3. The zero-order chi connectivity index (χ0) is 15.7. The van der Waals surface area contributed by atoms with E-state index in [-0.39, 0.29) is 11.9 Å². The number of likely N-dealkylation sites (tertiary alicyclic amines) is 1. The maximum absolute atomic E-state index is 11.9. The smallest absolute Gasteiger partial charge is 0.167 e. The third-order valence-electron chi connectivity index (χ3n) is 4.51. The number of Topliss-reactive ketones (excluding diaryl/α,β-unsaturated/α-hetero) is 1. The van der Waals surface area contributed by atoms with Gasteiger partial charge in [0.25, 0.3) is 0 Å². The first-order valence-corrected chi connectivity index (χ1v) is 8.36. The van der Waals surface area contributed by atoms with Crippen LogP contribution in [0.15, 0.2) is 18.2 Å². The number of carbonyl (C=O) groups excluding carboxylic acids is 1. The molecule has 3 nitrogen and oxygen atoms in total. The maximum Gasteiger partial charge on any atom is 0.167 e. The average molecular weight is 320 g/mol. The lowest BCUT2D eigenvalue weighted by Gasteiger charge is -2.34. The van der Waals surface area contributed by atoms with Gasteiger partial charge in [0.15, 0.2) is 5.78 Å². The van der Waals surface area contributed by atoms with E-state index in [1.165, 1.54) is 0 Å². The Kier molecular flexibility index (Phi) is 4.55. The number of piperidine rings is 1. The minimum atomic E-state index is 0.121. The quantitative estimate of drug-likeness (QED) is 0.836. The molecule has 1 aromatic rings. The van der Waals surface area contributed by atoms with Gasteiger partial charge >= 0.3 is 0 Å². The van der Waals surface area contributed by atoms with Crippen LogP contribution in [-0.2, 0) is 0 Å². The van der Waals surface area contributed by atoms with Crippen molar-refractivity contribution in [3.63, 3.8) is 0 Å². The predicted molar refractivity (Wildman–Crippen MR) is 89.8 cm³/mol. The summed E-state index contributed by atoms with van der Waals surface area (Å²) in [7, 11) is 0. The molecule has 4 heteroatoms. The lowest BCUT2D eigenvalue weighted by Crippen LogP contribution is -2.41. The van der Waals surface area contributed by atoms with E-state index in [9.17, 15) is 4.79 Å². The van der Waals surface area contributed by atoms with Crippen LogP contribution in [0.4, 0.5) is 0 Å². The SMILES string of the molecule is CC(C)N1CCC(Oc2cc3c(cc2Cl)C(=O)CC=C3)CC1. The topological polar surface area (TPSA) is 29.5 Å². The molecule has 1 aliphatic heterocycles. The second kappa shape index (κ2) is 6.43. The van der Waals surface area contributed by atoms with Crippen molar-refractivity contribution in [2.45, 2.75) is 45.3 Å². The number of carbonyl (C=O) groups is 1. The molecule has 0 spiro atoms. The summed E-state index contributed by atoms with van der Waals surface area (Å²) in [5.74, 6) is 0.818. The molecule has 1 fully saturated rings. The lowest BCUT2D eigenvalue weighted by atomic mass is 9.96. The van der Waals surface area contributed by atoms with Crippen molar-refractivity contribution in [3.05, 3.63) is 34.4 Å². The van der Waals surface area contributed by atoms with E-state index in [1.54, 1.807) is 6.07 Å². The third kappa shape index (κ3) is 3.21. The van der Waals surface area contributed by atoms with Crippen LogP contribution in [-0.4, -0.2) is 35.9 Å². The van der Waals surface area contributed by atoms with Crippen LogP contribution >= 0.6 is 11.6 Å². The highest BCUT2D eigenvalue weighted by atomic mass is 35.5. The molecular formula is C18H22ClNO2. The molecule has 3 rings (SSSR count). The van der Waals surface area contributed by atoms with E-state index in [0.29, 0.717) is 28.8 Å². The predicted octanol–water partition coefficient (Wildman–Crippen LogP) is 4.19. The number of nitrogens with zero attached hydrogens (tertiary/aromatic N) is 1. The van der Waals surface area contributed by atoms with Gasteiger partial charge < -0.3 is 9.64 Å². The number of hydrogen-bond donors (Lipinski definition) is 0. The monoisotopic (exact) mass is 319 g/mol. The minimum absolute atomic E-state index is 0.121. The van der Waals surface area contributed by atoms with Crippen LogP contribution in [0.3, 0.4) is 0 Å². The number of benzene rings is 1. The van der Waals surface area contributed by atoms with Crippen LogP contribution in [0.25, 0.3) is 6.08 Å². The Hall–Kier alpha value is -1.32. The summed E-state index contributed by atoms with van der Waals surface area (Å²) in [4.78, 5) is 14.4. The van der Waals surface area contributed by atoms with Crippen molar-refractivity contribution in [2.75, 3.05) is 13.1 Å². The van der Waals surface area contributed by atoms with Gasteiger partial charge in [-0.05, 0) is 44.4 Å². The fourth-order valence-corrected chi connectivity index (χ4v) is 3.34. The Morgan fingerprint density at radius 1 is 1.27 bits per heavy atom. The molecule has 0 bridgehead atoms. The molecule has 0 radical (unpaired) electrons. The maximum atomic E-state index is 11.9. The van der Waals surface area contributed by atoms with Gasteiger partial charge in [-0.3, -0.25) is 4.79 Å². The van der Waals surface area contributed by atoms with Gasteiger partial charge in [-0.25, -0.2) is 0 Å². The Labute approximate surface area is 136 Å². The highest BCUT2D eigenvalue weighted by molar-refractivity contribution is 6.32. The highest BCUT2D eigenvalue weighted by Crippen LogP contribution is 2.33. The summed E-state index contributed by atoms with van der Waals surface area (Å²) >= 11 is 6.31. The van der Waals surface area contributed by atoms with Crippen molar-refractivity contribution >= 4 is 23.5 Å². The Bertz CT molecular complexity index is 601. The normalized spacial score (nSPS) is 19.5. The molecule has 1 saturated heterocycles. The second-order valence-electron chi connectivity index (χ2n) is 6.35. The number of halogens is 1. The van der Waals surface area contributed by atoms with Crippen molar-refractivity contribution in [2.24, 2.45) is 0 Å². The van der Waals surface area contributed by atoms with Crippen molar-refractivity contribution in [3.8, 4) is 5.75 Å². The van der Waals surface area contributed by atoms with Crippen LogP contribution in [0.5, 0.6) is 5.75 Å². The Morgan fingerprint density at radius 3 is 2.68 bits per heavy atom. The van der Waals surface area contributed by atoms with Gasteiger partial charge in [-0.15, -0.1) is 0 Å². The Balaban J connectivity index is 1.72. The number of fused-ring (bicyclic) bond motifs is 1. The van der Waals surface area contributed by atoms with Crippen molar-refractivity contribution in [1.29, 1.82) is 0 Å². The lowest BCUT2D eigenvalue weighted by molar-refractivity contribution is 0.0843. The van der Waals surface area contributed by atoms with Crippen molar-refractivity contribution in [1.82, 2.24) is 4.90 Å². The summed E-state index contributed by atoms with van der Waals surface area (Å²) < 4.78 is 6.11. The largest absolute Gasteiger partial charge is 0.489 e. The minimum Gasteiger partial charge on any atom is -0.489 e. The van der Waals surface area contributed by atoms with E-state index >= 15 is 0 Å². The van der Waals surface area contributed by atoms with E-state index in [0.717, 1.165) is 31.5 Å². The zero-order valence-corrected chi connectivity index (χ0v) is 13.9. The average Bonchev–Trinajstić information content (AvgIpc) is 2.50. The van der Waals surface area contributed by atoms with Crippen LogP contribution in [0.1, 0.15) is 49.0 Å². The van der Waals surface area contributed by atoms with Gasteiger partial charge in [0.1, 0.15) is 11.9 Å². The molecule has 1 heterocycles. The molecule has 0 unspecified atom stereocenters.